The molecule has 0 bridgehead atoms. The van der Waals surface area contributed by atoms with Crippen LogP contribution in [0.25, 0.3) is 16.7 Å². The first-order valence-corrected chi connectivity index (χ1v) is 9.97. The Morgan fingerprint density at radius 2 is 2.03 bits per heavy atom. The van der Waals surface area contributed by atoms with E-state index in [1.54, 1.807) is 10.5 Å². The Labute approximate surface area is 167 Å². The predicted octanol–water partition coefficient (Wildman–Crippen LogP) is 3.12. The van der Waals surface area contributed by atoms with Gasteiger partial charge >= 0.3 is 0 Å². The predicted molar refractivity (Wildman–Crippen MR) is 112 cm³/mol. The van der Waals surface area contributed by atoms with Crippen molar-refractivity contribution in [2.75, 3.05) is 11.4 Å². The van der Waals surface area contributed by atoms with Crippen LogP contribution < -0.4 is 10.5 Å². The Morgan fingerprint density at radius 3 is 2.90 bits per heavy atom. The quantitative estimate of drug-likeness (QED) is 0.585. The molecule has 0 spiro atoms. The minimum Gasteiger partial charge on any atom is -0.317 e. The van der Waals surface area contributed by atoms with Gasteiger partial charge in [-0.25, -0.2) is 0 Å². The fourth-order valence-corrected chi connectivity index (χ4v) is 4.15. The zero-order valence-electron chi connectivity index (χ0n) is 16.2. The van der Waals surface area contributed by atoms with Crippen LogP contribution in [0.4, 0.5) is 5.69 Å². The maximum atomic E-state index is 13.3. The van der Waals surface area contributed by atoms with Crippen LogP contribution in [0.3, 0.4) is 0 Å². The van der Waals surface area contributed by atoms with Crippen LogP contribution in [0.2, 0.25) is 0 Å². The van der Waals surface area contributed by atoms with Gasteiger partial charge in [0.1, 0.15) is 5.82 Å². The molecule has 2 aromatic carbocycles. The van der Waals surface area contributed by atoms with E-state index in [0.29, 0.717) is 17.6 Å². The van der Waals surface area contributed by atoms with Gasteiger partial charge in [-0.3, -0.25) is 14.0 Å². The fraction of sp³-hybridized carbons (Fsp3) is 0.273. The van der Waals surface area contributed by atoms with E-state index in [-0.39, 0.29) is 17.1 Å². The standard InChI is InChI=1S/C22H21N5O2/c1-2-6-19-24-25-20-21(28)23-16-13-15(10-11-18(16)27(19)20)22(29)26-12-5-8-14-7-3-4-9-17(14)26/h3-4,7,9-11,13H,2,5-6,8,12H2,1H3,(H,23,28). The molecule has 1 aliphatic rings. The van der Waals surface area contributed by atoms with E-state index < -0.39 is 0 Å². The zero-order chi connectivity index (χ0) is 20.0. The summed E-state index contributed by atoms with van der Waals surface area (Å²) >= 11 is 0. The second-order valence-electron chi connectivity index (χ2n) is 7.40. The highest BCUT2D eigenvalue weighted by molar-refractivity contribution is 6.08. The summed E-state index contributed by atoms with van der Waals surface area (Å²) in [7, 11) is 0. The molecule has 0 fully saturated rings. The van der Waals surface area contributed by atoms with Gasteiger partial charge < -0.3 is 9.88 Å². The smallest absolute Gasteiger partial charge is 0.294 e. The Balaban J connectivity index is 1.62. The second kappa shape index (κ2) is 6.84. The molecule has 0 saturated heterocycles. The van der Waals surface area contributed by atoms with Crippen molar-refractivity contribution in [1.29, 1.82) is 0 Å². The Bertz CT molecular complexity index is 1300. The van der Waals surface area contributed by atoms with Crippen LogP contribution in [0, 0.1) is 0 Å². The molecule has 7 nitrogen and oxygen atoms in total. The zero-order valence-corrected chi connectivity index (χ0v) is 16.2. The number of rotatable bonds is 3. The Kier molecular flexibility index (Phi) is 4.16. The number of para-hydroxylation sites is 1. The van der Waals surface area contributed by atoms with Crippen molar-refractivity contribution < 1.29 is 4.79 Å². The summed E-state index contributed by atoms with van der Waals surface area (Å²) in [5, 5.41) is 8.21. The number of hydrogen-bond acceptors (Lipinski definition) is 4. The van der Waals surface area contributed by atoms with Crippen molar-refractivity contribution in [2.45, 2.75) is 32.6 Å². The lowest BCUT2D eigenvalue weighted by Crippen LogP contribution is -2.35. The molecule has 1 N–H and O–H groups in total. The lowest BCUT2D eigenvalue weighted by Gasteiger charge is -2.29. The van der Waals surface area contributed by atoms with Crippen LogP contribution in [-0.2, 0) is 12.8 Å². The Hall–Kier alpha value is -3.48. The summed E-state index contributed by atoms with van der Waals surface area (Å²) in [5.41, 5.74) is 4.09. The molecule has 1 amide bonds. The van der Waals surface area contributed by atoms with E-state index >= 15 is 0 Å². The number of amides is 1. The third-order valence-corrected chi connectivity index (χ3v) is 5.49. The van der Waals surface area contributed by atoms with Crippen LogP contribution in [0.1, 0.15) is 41.5 Å². The SMILES string of the molecule is CCCc1nnc2c(=O)[nH]c3cc(C(=O)N4CCCc5ccccc54)ccc3n12. The summed E-state index contributed by atoms with van der Waals surface area (Å²) in [6, 6.07) is 13.5. The number of benzene rings is 2. The number of hydrogen-bond donors (Lipinski definition) is 1. The summed E-state index contributed by atoms with van der Waals surface area (Å²) in [6.45, 7) is 2.75. The normalized spacial score (nSPS) is 13.8. The van der Waals surface area contributed by atoms with E-state index in [9.17, 15) is 9.59 Å². The average molecular weight is 387 g/mol. The van der Waals surface area contributed by atoms with Gasteiger partial charge in [0.25, 0.3) is 11.5 Å². The molecule has 1 aliphatic heterocycles. The van der Waals surface area contributed by atoms with Gasteiger partial charge in [-0.1, -0.05) is 25.1 Å². The molecule has 5 rings (SSSR count). The fourth-order valence-electron chi connectivity index (χ4n) is 4.15. The number of aromatic nitrogens is 4. The average Bonchev–Trinajstić information content (AvgIpc) is 3.17. The molecule has 146 valence electrons. The maximum absolute atomic E-state index is 13.3. The van der Waals surface area contributed by atoms with Crippen molar-refractivity contribution in [2.24, 2.45) is 0 Å². The summed E-state index contributed by atoms with van der Waals surface area (Å²) < 4.78 is 1.79. The number of nitrogens with one attached hydrogen (secondary N) is 1. The highest BCUT2D eigenvalue weighted by Crippen LogP contribution is 2.28. The van der Waals surface area contributed by atoms with E-state index in [1.807, 2.05) is 35.2 Å². The van der Waals surface area contributed by atoms with Crippen LogP contribution in [0.15, 0.2) is 47.3 Å². The first kappa shape index (κ1) is 17.6. The third-order valence-electron chi connectivity index (χ3n) is 5.49. The second-order valence-corrected chi connectivity index (χ2v) is 7.40. The molecule has 4 aromatic rings. The summed E-state index contributed by atoms with van der Waals surface area (Å²) in [5.74, 6) is 0.695. The van der Waals surface area contributed by atoms with Gasteiger partial charge in [-0.2, -0.15) is 0 Å². The molecule has 2 aromatic heterocycles. The Morgan fingerprint density at radius 1 is 1.17 bits per heavy atom. The van der Waals surface area contributed by atoms with Crippen molar-refractivity contribution in [3.63, 3.8) is 0 Å². The molecule has 0 radical (unpaired) electrons. The number of aryl methyl sites for hydroxylation is 2. The molecule has 29 heavy (non-hydrogen) atoms. The molecule has 0 aliphatic carbocycles. The van der Waals surface area contributed by atoms with Gasteiger partial charge in [0, 0.05) is 24.2 Å². The topological polar surface area (TPSA) is 83.4 Å². The van der Waals surface area contributed by atoms with Gasteiger partial charge in [0.2, 0.25) is 5.65 Å². The number of aromatic amines is 1. The maximum Gasteiger partial charge on any atom is 0.294 e. The molecular formula is C22H21N5O2. The first-order chi connectivity index (χ1) is 14.2. The van der Waals surface area contributed by atoms with E-state index in [4.69, 9.17) is 0 Å². The van der Waals surface area contributed by atoms with Crippen LogP contribution >= 0.6 is 0 Å². The molecule has 0 unspecified atom stereocenters. The highest BCUT2D eigenvalue weighted by atomic mass is 16.2. The van der Waals surface area contributed by atoms with Gasteiger partial charge in [0.15, 0.2) is 0 Å². The summed E-state index contributed by atoms with van der Waals surface area (Å²) in [4.78, 5) is 30.4. The lowest BCUT2D eigenvalue weighted by atomic mass is 10.0. The van der Waals surface area contributed by atoms with Gasteiger partial charge in [0.05, 0.1) is 11.0 Å². The van der Waals surface area contributed by atoms with Gasteiger partial charge in [-0.15, -0.1) is 10.2 Å². The number of carbonyl (C=O) groups excluding carboxylic acids is 1. The molecule has 7 heteroatoms. The third kappa shape index (κ3) is 2.81. The number of anilines is 1. The summed E-state index contributed by atoms with van der Waals surface area (Å²) in [6.07, 6.45) is 3.55. The van der Waals surface area contributed by atoms with Crippen molar-refractivity contribution in [1.82, 2.24) is 19.6 Å². The number of fused-ring (bicyclic) bond motifs is 4. The number of nitrogens with zero attached hydrogens (tertiary/aromatic N) is 4. The minimum absolute atomic E-state index is 0.0578. The largest absolute Gasteiger partial charge is 0.317 e. The van der Waals surface area contributed by atoms with Gasteiger partial charge in [-0.05, 0) is 49.1 Å². The lowest BCUT2D eigenvalue weighted by molar-refractivity contribution is 0.0985. The van der Waals surface area contributed by atoms with E-state index in [0.717, 1.165) is 42.7 Å². The molecule has 0 atom stereocenters. The monoisotopic (exact) mass is 387 g/mol. The number of carbonyl (C=O) groups is 1. The molecule has 0 saturated carbocycles. The van der Waals surface area contributed by atoms with Crippen molar-refractivity contribution >= 4 is 28.3 Å². The number of H-pyrrole nitrogens is 1. The highest BCUT2D eigenvalue weighted by Gasteiger charge is 2.24. The van der Waals surface area contributed by atoms with Crippen LogP contribution in [-0.4, -0.2) is 32.0 Å². The minimum atomic E-state index is -0.305. The van der Waals surface area contributed by atoms with E-state index in [1.165, 1.54) is 5.56 Å². The first-order valence-electron chi connectivity index (χ1n) is 9.97. The van der Waals surface area contributed by atoms with Crippen molar-refractivity contribution in [3.8, 4) is 0 Å². The molecular weight excluding hydrogens is 366 g/mol. The van der Waals surface area contributed by atoms with E-state index in [2.05, 4.69) is 28.2 Å². The van der Waals surface area contributed by atoms with Crippen LogP contribution in [0.5, 0.6) is 0 Å². The molecule has 3 heterocycles. The van der Waals surface area contributed by atoms with Crippen molar-refractivity contribution in [3.05, 3.63) is 69.8 Å².